The first kappa shape index (κ1) is 15.2. The van der Waals surface area contributed by atoms with Gasteiger partial charge in [-0.15, -0.1) is 0 Å². The molecular formula is C14H24N2O4S. The van der Waals surface area contributed by atoms with Gasteiger partial charge in [0.05, 0.1) is 17.7 Å². The molecule has 1 N–H and O–H groups in total. The monoisotopic (exact) mass is 316 g/mol. The van der Waals surface area contributed by atoms with Crippen LogP contribution in [-0.2, 0) is 19.6 Å². The fourth-order valence-corrected chi connectivity index (χ4v) is 5.63. The summed E-state index contributed by atoms with van der Waals surface area (Å²) in [5, 5.41) is 2.81. The normalized spacial score (nSPS) is 31.9. The highest BCUT2D eigenvalue weighted by Crippen LogP contribution is 2.30. The smallest absolute Gasteiger partial charge is 0.224 e. The Balaban J connectivity index is 1.62. The highest BCUT2D eigenvalue weighted by Gasteiger charge is 2.45. The van der Waals surface area contributed by atoms with Gasteiger partial charge in [0.15, 0.2) is 0 Å². The van der Waals surface area contributed by atoms with Gasteiger partial charge in [-0.3, -0.25) is 4.79 Å². The van der Waals surface area contributed by atoms with Crippen LogP contribution in [0.5, 0.6) is 0 Å². The molecule has 0 spiro atoms. The van der Waals surface area contributed by atoms with Crippen molar-refractivity contribution in [2.45, 2.75) is 38.1 Å². The number of rotatable bonds is 4. The van der Waals surface area contributed by atoms with Gasteiger partial charge in [0, 0.05) is 26.3 Å². The van der Waals surface area contributed by atoms with E-state index in [4.69, 9.17) is 4.74 Å². The quantitative estimate of drug-likeness (QED) is 0.812. The Labute approximate surface area is 126 Å². The summed E-state index contributed by atoms with van der Waals surface area (Å²) in [7, 11) is -3.26. The lowest BCUT2D eigenvalue weighted by atomic mass is 9.93. The molecule has 0 unspecified atom stereocenters. The summed E-state index contributed by atoms with van der Waals surface area (Å²) in [4.78, 5) is 11.7. The first-order valence-electron chi connectivity index (χ1n) is 7.93. The van der Waals surface area contributed by atoms with Crippen LogP contribution < -0.4 is 5.32 Å². The van der Waals surface area contributed by atoms with E-state index in [0.29, 0.717) is 25.4 Å². The van der Waals surface area contributed by atoms with Crippen LogP contribution in [0, 0.1) is 11.8 Å². The number of amides is 1. The van der Waals surface area contributed by atoms with Gasteiger partial charge in [-0.1, -0.05) is 0 Å². The molecule has 0 aromatic heterocycles. The van der Waals surface area contributed by atoms with E-state index in [1.54, 1.807) is 4.31 Å². The molecule has 0 aromatic carbocycles. The Bertz CT molecular complexity index is 487. The van der Waals surface area contributed by atoms with Crippen molar-refractivity contribution in [2.75, 3.05) is 32.1 Å². The van der Waals surface area contributed by atoms with Gasteiger partial charge >= 0.3 is 0 Å². The lowest BCUT2D eigenvalue weighted by Gasteiger charge is -2.35. The van der Waals surface area contributed by atoms with E-state index in [9.17, 15) is 13.2 Å². The Kier molecular flexibility index (Phi) is 4.51. The first-order chi connectivity index (χ1) is 10.1. The van der Waals surface area contributed by atoms with E-state index >= 15 is 0 Å². The summed E-state index contributed by atoms with van der Waals surface area (Å²) in [5.74, 6) is 0.535. The number of nitrogens with zero attached hydrogens (tertiary/aromatic N) is 1. The molecule has 3 heterocycles. The summed E-state index contributed by atoms with van der Waals surface area (Å²) in [6, 6.07) is -0.161. The minimum atomic E-state index is -3.26. The maximum absolute atomic E-state index is 12.6. The molecule has 1 amide bonds. The SMILES string of the molecule is O=C1NC[C@@H]2[C@H]1CCCN2S(=O)(=O)CCC1CCOCC1. The third-order valence-electron chi connectivity index (χ3n) is 5.03. The van der Waals surface area contributed by atoms with Crippen molar-refractivity contribution in [2.24, 2.45) is 11.8 Å². The molecule has 3 rings (SSSR count). The molecule has 0 radical (unpaired) electrons. The molecule has 0 aliphatic carbocycles. The fourth-order valence-electron chi connectivity index (χ4n) is 3.73. The van der Waals surface area contributed by atoms with Crippen LogP contribution in [0.2, 0.25) is 0 Å². The molecule has 7 heteroatoms. The van der Waals surface area contributed by atoms with E-state index in [-0.39, 0.29) is 23.6 Å². The van der Waals surface area contributed by atoms with E-state index in [1.165, 1.54) is 0 Å². The van der Waals surface area contributed by atoms with Crippen LogP contribution in [0.4, 0.5) is 0 Å². The molecule has 3 aliphatic rings. The number of hydrogen-bond acceptors (Lipinski definition) is 4. The predicted molar refractivity (Wildman–Crippen MR) is 78.2 cm³/mol. The number of carbonyl (C=O) groups is 1. The topological polar surface area (TPSA) is 75.7 Å². The second kappa shape index (κ2) is 6.22. The second-order valence-electron chi connectivity index (χ2n) is 6.33. The van der Waals surface area contributed by atoms with E-state index in [1.807, 2.05) is 0 Å². The first-order valence-corrected chi connectivity index (χ1v) is 9.54. The van der Waals surface area contributed by atoms with Gasteiger partial charge in [-0.2, -0.15) is 4.31 Å². The van der Waals surface area contributed by atoms with Gasteiger partial charge in [0.25, 0.3) is 0 Å². The molecule has 0 bridgehead atoms. The van der Waals surface area contributed by atoms with Crippen LogP contribution in [-0.4, -0.2) is 56.7 Å². The largest absolute Gasteiger partial charge is 0.381 e. The van der Waals surface area contributed by atoms with Crippen LogP contribution in [0.25, 0.3) is 0 Å². The minimum Gasteiger partial charge on any atom is -0.381 e. The van der Waals surface area contributed by atoms with E-state index in [0.717, 1.165) is 38.9 Å². The Morgan fingerprint density at radius 2 is 2.00 bits per heavy atom. The van der Waals surface area contributed by atoms with Crippen molar-refractivity contribution in [1.29, 1.82) is 0 Å². The van der Waals surface area contributed by atoms with Crippen molar-refractivity contribution < 1.29 is 17.9 Å². The predicted octanol–water partition coefficient (Wildman–Crippen LogP) is 0.343. The van der Waals surface area contributed by atoms with Crippen molar-refractivity contribution in [1.82, 2.24) is 9.62 Å². The molecule has 6 nitrogen and oxygen atoms in total. The van der Waals surface area contributed by atoms with E-state index < -0.39 is 10.0 Å². The zero-order valence-electron chi connectivity index (χ0n) is 12.3. The highest BCUT2D eigenvalue weighted by molar-refractivity contribution is 7.89. The molecule has 2 atom stereocenters. The molecule has 21 heavy (non-hydrogen) atoms. The van der Waals surface area contributed by atoms with Crippen LogP contribution >= 0.6 is 0 Å². The Morgan fingerprint density at radius 1 is 1.24 bits per heavy atom. The maximum atomic E-state index is 12.6. The number of sulfonamides is 1. The third kappa shape index (κ3) is 3.24. The zero-order chi connectivity index (χ0) is 14.9. The number of nitrogens with one attached hydrogen (secondary N) is 1. The molecule has 3 aliphatic heterocycles. The van der Waals surface area contributed by atoms with Crippen molar-refractivity contribution >= 4 is 15.9 Å². The number of carbonyl (C=O) groups excluding carboxylic acids is 1. The zero-order valence-corrected chi connectivity index (χ0v) is 13.1. The molecule has 3 saturated heterocycles. The maximum Gasteiger partial charge on any atom is 0.224 e. The third-order valence-corrected chi connectivity index (χ3v) is 6.95. The number of ether oxygens (including phenoxy) is 1. The average Bonchev–Trinajstić information content (AvgIpc) is 2.88. The van der Waals surface area contributed by atoms with Gasteiger partial charge < -0.3 is 10.1 Å². The second-order valence-corrected chi connectivity index (χ2v) is 8.37. The van der Waals surface area contributed by atoms with Gasteiger partial charge in [-0.25, -0.2) is 8.42 Å². The summed E-state index contributed by atoms with van der Waals surface area (Å²) >= 11 is 0. The van der Waals surface area contributed by atoms with Crippen LogP contribution in [0.15, 0.2) is 0 Å². The molecule has 0 saturated carbocycles. The summed E-state index contributed by atoms with van der Waals surface area (Å²) in [5.41, 5.74) is 0. The summed E-state index contributed by atoms with van der Waals surface area (Å²) in [6.45, 7) is 2.53. The average molecular weight is 316 g/mol. The fraction of sp³-hybridized carbons (Fsp3) is 0.929. The van der Waals surface area contributed by atoms with Crippen molar-refractivity contribution in [3.8, 4) is 0 Å². The highest BCUT2D eigenvalue weighted by atomic mass is 32.2. The summed E-state index contributed by atoms with van der Waals surface area (Å²) < 4.78 is 32.2. The van der Waals surface area contributed by atoms with Gasteiger partial charge in [0.1, 0.15) is 0 Å². The van der Waals surface area contributed by atoms with Gasteiger partial charge in [0.2, 0.25) is 15.9 Å². The van der Waals surface area contributed by atoms with Gasteiger partial charge in [-0.05, 0) is 38.0 Å². The summed E-state index contributed by atoms with van der Waals surface area (Å²) in [6.07, 6.45) is 4.22. The molecule has 120 valence electrons. The lowest BCUT2D eigenvalue weighted by molar-refractivity contribution is -0.123. The number of piperidine rings is 1. The number of hydrogen-bond donors (Lipinski definition) is 1. The van der Waals surface area contributed by atoms with Crippen molar-refractivity contribution in [3.63, 3.8) is 0 Å². The lowest BCUT2D eigenvalue weighted by Crippen LogP contribution is -2.49. The standard InChI is InChI=1S/C14H24N2O4S/c17-14-12-2-1-6-16(13(12)10-15-14)21(18,19)9-5-11-3-7-20-8-4-11/h11-13H,1-10H2,(H,15,17)/t12-,13-/m1/s1. The Morgan fingerprint density at radius 3 is 2.76 bits per heavy atom. The van der Waals surface area contributed by atoms with E-state index in [2.05, 4.69) is 5.32 Å². The Hall–Kier alpha value is -0.660. The molecule has 0 aromatic rings. The number of fused-ring (bicyclic) bond motifs is 1. The van der Waals surface area contributed by atoms with Crippen molar-refractivity contribution in [3.05, 3.63) is 0 Å². The molecule has 3 fully saturated rings. The molecular weight excluding hydrogens is 292 g/mol. The van der Waals surface area contributed by atoms with Crippen LogP contribution in [0.1, 0.15) is 32.1 Å². The van der Waals surface area contributed by atoms with Crippen LogP contribution in [0.3, 0.4) is 0 Å². The minimum absolute atomic E-state index is 0.0179.